The zero-order valence-corrected chi connectivity index (χ0v) is 49.7. The Balaban J connectivity index is 0.0000102. The van der Waals surface area contributed by atoms with Crippen molar-refractivity contribution >= 4 is 0 Å². The van der Waals surface area contributed by atoms with Gasteiger partial charge in [0.1, 0.15) is 195 Å². The molecule has 0 unspecified atom stereocenters. The first-order chi connectivity index (χ1) is 41.9. The Labute approximate surface area is 515 Å². The van der Waals surface area contributed by atoms with E-state index in [1.807, 2.05) is 0 Å². The van der Waals surface area contributed by atoms with Crippen LogP contribution in [-0.4, -0.2) is 421 Å². The van der Waals surface area contributed by atoms with Crippen LogP contribution < -0.4 is 0 Å². The molecule has 514 valence electrons. The monoisotopic (exact) mass is 1360 g/mol. The topological polar surface area (TPSA) is 633 Å². The van der Waals surface area contributed by atoms with E-state index in [4.69, 9.17) is 75.8 Å². The summed E-state index contributed by atoms with van der Waals surface area (Å²) in [4.78, 5) is 0. The molecule has 89 heavy (non-hydrogen) atoms. The summed E-state index contributed by atoms with van der Waals surface area (Å²) in [6.45, 7) is -8.64. The van der Waals surface area contributed by atoms with Gasteiger partial charge in [0.05, 0.1) is 52.9 Å². The van der Waals surface area contributed by atoms with Crippen LogP contribution in [0.3, 0.4) is 0 Å². The van der Waals surface area contributed by atoms with Crippen LogP contribution in [0.4, 0.5) is 0 Å². The van der Waals surface area contributed by atoms with Crippen LogP contribution in [0.15, 0.2) is 0 Å². The van der Waals surface area contributed by atoms with E-state index in [9.17, 15) is 123 Å². The standard InChI is InChI=1S/C48H80O40.Zn/c49-1-9-33-17(57)25(65)41(73-9)82-34-10(2-50)75-43(27(67)19(34)59)84-36-12(4-52)77-45(29(69)21(36)61)86-38-14(6-54)79-47(31(71)23(38)63)88-40-16(8-56)80-48(32(72)24(40)64)87-39-15(7-55)78-46(30(70)22(39)62)85-37-13(5-53)76-44(28(68)20(37)60)83-35-11(3-51)74-42(81-33)26(66)18(35)58;/h9-72H,1-8H2;/t9-,10-,11-,12-,13-,14-,15-,16-,17-,18-,19-,20-,21-,22-,23-,24-,25-,26-,27-,28-,29-,30-,31-,32-,33-,34-,35-,36-,37-,38-,39-,40-,41-,42-,43-,44-,45-,46-,47-,48-;/m1./s1. The molecule has 0 saturated carbocycles. The Hall–Kier alpha value is -0.977. The summed E-state index contributed by atoms with van der Waals surface area (Å²) in [5.74, 6) is 0. The van der Waals surface area contributed by atoms with Crippen LogP contribution in [0.1, 0.15) is 0 Å². The molecule has 24 N–H and O–H groups in total. The maximum atomic E-state index is 11.4. The van der Waals surface area contributed by atoms with Crippen molar-refractivity contribution in [2.24, 2.45) is 0 Å². The Kier molecular flexibility index (Phi) is 26.1. The van der Waals surface area contributed by atoms with Gasteiger partial charge in [-0.15, -0.1) is 0 Å². The molecule has 30 saturated heterocycles. The van der Waals surface area contributed by atoms with Gasteiger partial charge in [0.25, 0.3) is 0 Å². The van der Waals surface area contributed by atoms with Crippen LogP contribution in [0, 0.1) is 0 Å². The summed E-state index contributed by atoms with van der Waals surface area (Å²) in [6.07, 6.45) is -82.0. The summed E-state index contributed by atoms with van der Waals surface area (Å²) in [5.41, 5.74) is 0. The zero-order chi connectivity index (χ0) is 64.1. The summed E-state index contributed by atoms with van der Waals surface area (Å²) in [5, 5.41) is 265. The van der Waals surface area contributed by atoms with Gasteiger partial charge in [-0.2, -0.15) is 0 Å². The molecule has 0 aromatic carbocycles. The third-order valence-electron chi connectivity index (χ3n) is 16.9. The zero-order valence-electron chi connectivity index (χ0n) is 46.7. The van der Waals surface area contributed by atoms with Crippen LogP contribution in [-0.2, 0) is 95.3 Å². The van der Waals surface area contributed by atoms with Crippen LogP contribution in [0.25, 0.3) is 0 Å². The summed E-state index contributed by atoms with van der Waals surface area (Å²) in [7, 11) is 0. The van der Waals surface area contributed by atoms with Crippen molar-refractivity contribution in [2.75, 3.05) is 52.9 Å². The molecule has 16 bridgehead atoms. The molecular formula is C48H80O40Zn. The fourth-order valence-corrected chi connectivity index (χ4v) is 11.9. The number of rotatable bonds is 8. The van der Waals surface area contributed by atoms with Crippen molar-refractivity contribution in [2.45, 2.75) is 246 Å². The average molecular weight is 1360 g/mol. The van der Waals surface area contributed by atoms with E-state index in [1.54, 1.807) is 0 Å². The first-order valence-electron chi connectivity index (χ1n) is 28.1. The van der Waals surface area contributed by atoms with Crippen LogP contribution >= 0.6 is 0 Å². The van der Waals surface area contributed by atoms with Crippen molar-refractivity contribution in [1.29, 1.82) is 0 Å². The third kappa shape index (κ3) is 14.7. The predicted molar refractivity (Wildman–Crippen MR) is 261 cm³/mol. The molecule has 30 aliphatic heterocycles. The van der Waals surface area contributed by atoms with Gasteiger partial charge in [-0.05, 0) is 0 Å². The van der Waals surface area contributed by atoms with E-state index >= 15 is 0 Å². The van der Waals surface area contributed by atoms with Gasteiger partial charge in [0.2, 0.25) is 0 Å². The van der Waals surface area contributed by atoms with Crippen molar-refractivity contribution in [3.63, 3.8) is 0 Å². The van der Waals surface area contributed by atoms with Crippen molar-refractivity contribution in [3.05, 3.63) is 0 Å². The fourth-order valence-electron chi connectivity index (χ4n) is 11.9. The van der Waals surface area contributed by atoms with Gasteiger partial charge in [-0.25, -0.2) is 0 Å². The molecule has 0 aromatic rings. The number of ether oxygens (including phenoxy) is 16. The molecule has 0 radical (unpaired) electrons. The molecule has 0 spiro atoms. The van der Waals surface area contributed by atoms with E-state index in [0.29, 0.717) is 0 Å². The minimum Gasteiger partial charge on any atom is -0.394 e. The van der Waals surface area contributed by atoms with Crippen molar-refractivity contribution in [3.8, 4) is 0 Å². The molecular weight excluding hydrogens is 1280 g/mol. The average Bonchev–Trinajstić information content (AvgIpc) is 1.09. The quantitative estimate of drug-likeness (QED) is 0.100. The summed E-state index contributed by atoms with van der Waals surface area (Å²) in [6, 6.07) is 0. The molecule has 41 heteroatoms. The largest absolute Gasteiger partial charge is 0.394 e. The minimum absolute atomic E-state index is 0. The Bertz CT molecular complexity index is 1710. The SMILES string of the molecule is OC[C@H]1O[C@@H]2O[C@H]3[C@H](O)[C@@H](O)[C@@H](O[C@H]4[C@H](O)[C@@H](O)[C@@H](O[C@H]5[C@H](O)[C@@H](O)[C@@H](O[C@H]6[C@H](O)[C@@H](O)[C@@H](O[C@H]7[C@H](O)[C@@H](O)[C@@H](O[C@H]8[C@H](O)[C@@H](O)[C@@H](O[C@H]9[C@H](O)[C@@H](O)[C@@H](O[C@H]1[C@H](O)[C@H]2O)O[C@@H]9CO)O[C@@H]8CO)O[C@@H]7CO)O[C@@H]6CO)O[C@@H]5CO)O[C@@H]4CO)O[C@@H]3CO.[Zn]. The second-order valence-corrected chi connectivity index (χ2v) is 22.5. The normalized spacial score (nSPS) is 54.7. The van der Waals surface area contributed by atoms with E-state index in [-0.39, 0.29) is 19.5 Å². The van der Waals surface area contributed by atoms with Gasteiger partial charge < -0.3 is 198 Å². The summed E-state index contributed by atoms with van der Waals surface area (Å²) < 4.78 is 91.1. The van der Waals surface area contributed by atoms with Crippen LogP contribution in [0.5, 0.6) is 0 Å². The van der Waals surface area contributed by atoms with E-state index in [0.717, 1.165) is 0 Å². The molecule has 40 atom stereocenters. The molecule has 0 aliphatic carbocycles. The first kappa shape index (κ1) is 73.8. The number of aliphatic hydroxyl groups excluding tert-OH is 24. The van der Waals surface area contributed by atoms with Crippen LogP contribution in [0.2, 0.25) is 0 Å². The first-order valence-corrected chi connectivity index (χ1v) is 28.1. The smallest absolute Gasteiger partial charge is 0.187 e. The fraction of sp³-hybridized carbons (Fsp3) is 1.00. The van der Waals surface area contributed by atoms with E-state index in [1.165, 1.54) is 0 Å². The maximum absolute atomic E-state index is 11.4. The van der Waals surface area contributed by atoms with E-state index in [2.05, 4.69) is 0 Å². The van der Waals surface area contributed by atoms with Gasteiger partial charge in [-0.3, -0.25) is 0 Å². The number of aliphatic hydroxyl groups is 24. The van der Waals surface area contributed by atoms with Gasteiger partial charge >= 0.3 is 0 Å². The second kappa shape index (κ2) is 31.5. The number of hydrogen-bond acceptors (Lipinski definition) is 40. The molecule has 0 amide bonds. The molecule has 30 aliphatic rings. The Morgan fingerprint density at radius 2 is 0.236 bits per heavy atom. The van der Waals surface area contributed by atoms with Gasteiger partial charge in [-0.1, -0.05) is 0 Å². The van der Waals surface area contributed by atoms with Crippen molar-refractivity contribution in [1.82, 2.24) is 0 Å². The predicted octanol–water partition coefficient (Wildman–Crippen LogP) is -17.4. The molecule has 30 rings (SSSR count). The number of hydrogen-bond donors (Lipinski definition) is 24. The molecule has 40 nitrogen and oxygen atoms in total. The Morgan fingerprint density at radius 1 is 0.146 bits per heavy atom. The maximum Gasteiger partial charge on any atom is 0.187 e. The van der Waals surface area contributed by atoms with Gasteiger partial charge in [0.15, 0.2) is 50.3 Å². The van der Waals surface area contributed by atoms with Crippen molar-refractivity contribution < 1.29 is 218 Å². The third-order valence-corrected chi connectivity index (χ3v) is 16.9. The second-order valence-electron chi connectivity index (χ2n) is 22.5. The molecule has 0 aromatic heterocycles. The van der Waals surface area contributed by atoms with E-state index < -0.39 is 299 Å². The summed E-state index contributed by atoms with van der Waals surface area (Å²) >= 11 is 0. The minimum atomic E-state index is -2.25. The van der Waals surface area contributed by atoms with Gasteiger partial charge in [0, 0.05) is 19.5 Å². The Morgan fingerprint density at radius 3 is 0.315 bits per heavy atom. The molecule has 30 fully saturated rings. The molecule has 30 heterocycles.